The van der Waals surface area contributed by atoms with E-state index in [1.807, 2.05) is 0 Å². The number of anilines is 1. The van der Waals surface area contributed by atoms with Crippen LogP contribution in [0.2, 0.25) is 5.02 Å². The van der Waals surface area contributed by atoms with Gasteiger partial charge in [-0.15, -0.1) is 11.3 Å². The summed E-state index contributed by atoms with van der Waals surface area (Å²) in [6.45, 7) is 1.68. The normalized spacial score (nSPS) is 10.4. The summed E-state index contributed by atoms with van der Waals surface area (Å²) in [7, 11) is 1.24. The van der Waals surface area contributed by atoms with Gasteiger partial charge in [0.25, 0.3) is 5.69 Å². The van der Waals surface area contributed by atoms with Crippen LogP contribution in [0.25, 0.3) is 10.4 Å². The molecule has 0 aliphatic rings. The first-order valence-electron chi connectivity index (χ1n) is 5.79. The highest BCUT2D eigenvalue weighted by Crippen LogP contribution is 2.45. The van der Waals surface area contributed by atoms with E-state index in [0.717, 1.165) is 11.3 Å². The molecule has 1 aromatic carbocycles. The topological polar surface area (TPSA) is 95.5 Å². The number of nitrogens with two attached hydrogens (primary N) is 1. The molecule has 0 spiro atoms. The van der Waals surface area contributed by atoms with Gasteiger partial charge in [-0.1, -0.05) is 17.7 Å². The third-order valence-corrected chi connectivity index (χ3v) is 4.60. The second-order valence-corrected chi connectivity index (χ2v) is 5.61. The molecule has 0 aliphatic carbocycles. The third-order valence-electron chi connectivity index (χ3n) is 2.98. The number of carbonyl (C=O) groups is 1. The van der Waals surface area contributed by atoms with Crippen molar-refractivity contribution >= 4 is 40.3 Å². The van der Waals surface area contributed by atoms with Gasteiger partial charge in [0.1, 0.15) is 4.88 Å². The van der Waals surface area contributed by atoms with Crippen molar-refractivity contribution < 1.29 is 14.5 Å². The van der Waals surface area contributed by atoms with Crippen molar-refractivity contribution in [2.24, 2.45) is 0 Å². The molecule has 0 unspecified atom stereocenters. The van der Waals surface area contributed by atoms with Crippen molar-refractivity contribution in [3.05, 3.63) is 43.8 Å². The molecular weight excluding hydrogens is 316 g/mol. The quantitative estimate of drug-likeness (QED) is 0.527. The van der Waals surface area contributed by atoms with Gasteiger partial charge in [0.15, 0.2) is 0 Å². The summed E-state index contributed by atoms with van der Waals surface area (Å²) in [5.41, 5.74) is 6.82. The lowest BCUT2D eigenvalue weighted by atomic mass is 10.1. The van der Waals surface area contributed by atoms with Gasteiger partial charge < -0.3 is 10.5 Å². The first kappa shape index (κ1) is 15.3. The van der Waals surface area contributed by atoms with Crippen LogP contribution in [0.5, 0.6) is 0 Å². The number of nitrogens with zero attached hydrogens (tertiary/aromatic N) is 1. The van der Waals surface area contributed by atoms with Gasteiger partial charge in [0.2, 0.25) is 0 Å². The number of hydrogen-bond donors (Lipinski definition) is 1. The second-order valence-electron chi connectivity index (χ2n) is 4.18. The molecule has 110 valence electrons. The minimum atomic E-state index is -0.582. The first-order valence-corrected chi connectivity index (χ1v) is 6.98. The SMILES string of the molecule is COC(=O)c1sc(-c2c(Cl)cccc2[N+](=O)[O-])c(C)c1N. The number of ether oxygens (including phenoxy) is 1. The summed E-state index contributed by atoms with van der Waals surface area (Å²) in [6.07, 6.45) is 0. The third kappa shape index (κ3) is 2.57. The van der Waals surface area contributed by atoms with Crippen LogP contribution >= 0.6 is 22.9 Å². The first-order chi connectivity index (χ1) is 9.88. The van der Waals surface area contributed by atoms with Gasteiger partial charge in [-0.3, -0.25) is 10.1 Å². The van der Waals surface area contributed by atoms with Crippen LogP contribution in [0.15, 0.2) is 18.2 Å². The van der Waals surface area contributed by atoms with E-state index in [2.05, 4.69) is 4.74 Å². The van der Waals surface area contributed by atoms with Crippen molar-refractivity contribution in [2.75, 3.05) is 12.8 Å². The van der Waals surface area contributed by atoms with Gasteiger partial charge in [0, 0.05) is 10.9 Å². The Morgan fingerprint density at radius 1 is 1.48 bits per heavy atom. The summed E-state index contributed by atoms with van der Waals surface area (Å²) in [5, 5.41) is 11.4. The molecule has 2 rings (SSSR count). The molecule has 0 bridgehead atoms. The molecule has 1 heterocycles. The summed E-state index contributed by atoms with van der Waals surface area (Å²) in [5.74, 6) is -0.582. The number of methoxy groups -OCH3 is 1. The Morgan fingerprint density at radius 2 is 2.14 bits per heavy atom. The minimum absolute atomic E-state index is 0.136. The molecule has 0 saturated heterocycles. The summed E-state index contributed by atoms with van der Waals surface area (Å²) < 4.78 is 4.65. The van der Waals surface area contributed by atoms with E-state index in [4.69, 9.17) is 17.3 Å². The molecule has 0 amide bonds. The van der Waals surface area contributed by atoms with E-state index in [0.29, 0.717) is 10.4 Å². The Hall–Kier alpha value is -2.12. The maximum absolute atomic E-state index is 11.7. The number of nitrogen functional groups attached to an aromatic ring is 1. The van der Waals surface area contributed by atoms with Gasteiger partial charge in [-0.2, -0.15) is 0 Å². The highest BCUT2D eigenvalue weighted by atomic mass is 35.5. The van der Waals surface area contributed by atoms with Gasteiger partial charge in [-0.05, 0) is 18.6 Å². The number of thiophene rings is 1. The van der Waals surface area contributed by atoms with Crippen LogP contribution in [0.4, 0.5) is 11.4 Å². The average molecular weight is 327 g/mol. The van der Waals surface area contributed by atoms with Crippen LogP contribution in [-0.2, 0) is 4.74 Å². The zero-order valence-corrected chi connectivity index (χ0v) is 12.7. The van der Waals surface area contributed by atoms with Crippen LogP contribution < -0.4 is 5.73 Å². The molecule has 6 nitrogen and oxygen atoms in total. The molecular formula is C13H11ClN2O4S. The standard InChI is InChI=1S/C13H11ClN2O4S/c1-6-10(15)12(13(17)20-2)21-11(6)9-7(14)4-3-5-8(9)16(18)19/h3-5H,15H2,1-2H3. The lowest BCUT2D eigenvalue weighted by molar-refractivity contribution is -0.384. The monoisotopic (exact) mass is 326 g/mol. The van der Waals surface area contributed by atoms with Crippen LogP contribution in [-0.4, -0.2) is 18.0 Å². The lowest BCUT2D eigenvalue weighted by Gasteiger charge is -2.04. The highest BCUT2D eigenvalue weighted by molar-refractivity contribution is 7.18. The molecule has 2 aromatic rings. The van der Waals surface area contributed by atoms with Crippen LogP contribution in [0.1, 0.15) is 15.2 Å². The Labute approximate surface area is 129 Å². The maximum atomic E-state index is 11.7. The fraction of sp³-hybridized carbons (Fsp3) is 0.154. The van der Waals surface area contributed by atoms with Crippen molar-refractivity contribution in [1.29, 1.82) is 0 Å². The fourth-order valence-electron chi connectivity index (χ4n) is 1.90. The van der Waals surface area contributed by atoms with E-state index in [9.17, 15) is 14.9 Å². The summed E-state index contributed by atoms with van der Waals surface area (Å²) in [6, 6.07) is 4.41. The highest BCUT2D eigenvalue weighted by Gasteiger charge is 2.26. The van der Waals surface area contributed by atoms with Gasteiger partial charge >= 0.3 is 5.97 Å². The maximum Gasteiger partial charge on any atom is 0.350 e. The fourth-order valence-corrected chi connectivity index (χ4v) is 3.43. The number of benzene rings is 1. The molecule has 0 fully saturated rings. The molecule has 1 aromatic heterocycles. The number of nitro benzene ring substituents is 1. The zero-order chi connectivity index (χ0) is 15.7. The molecule has 21 heavy (non-hydrogen) atoms. The number of carbonyl (C=O) groups excluding carboxylic acids is 1. The average Bonchev–Trinajstić information content (AvgIpc) is 2.74. The molecule has 0 aliphatic heterocycles. The van der Waals surface area contributed by atoms with Crippen molar-refractivity contribution in [1.82, 2.24) is 0 Å². The molecule has 0 radical (unpaired) electrons. The van der Waals surface area contributed by atoms with Gasteiger partial charge in [0.05, 0.1) is 28.3 Å². The largest absolute Gasteiger partial charge is 0.465 e. The number of rotatable bonds is 3. The number of hydrogen-bond acceptors (Lipinski definition) is 6. The second kappa shape index (κ2) is 5.71. The van der Waals surface area contributed by atoms with Crippen molar-refractivity contribution in [3.8, 4) is 10.4 Å². The van der Waals surface area contributed by atoms with E-state index in [1.165, 1.54) is 19.2 Å². The molecule has 0 atom stereocenters. The minimum Gasteiger partial charge on any atom is -0.465 e. The molecule has 8 heteroatoms. The zero-order valence-electron chi connectivity index (χ0n) is 11.2. The summed E-state index contributed by atoms with van der Waals surface area (Å²) >= 11 is 7.13. The Morgan fingerprint density at radius 3 is 2.71 bits per heavy atom. The van der Waals surface area contributed by atoms with E-state index < -0.39 is 10.9 Å². The van der Waals surface area contributed by atoms with Crippen molar-refractivity contribution in [3.63, 3.8) is 0 Å². The number of esters is 1. The number of halogens is 1. The predicted octanol–water partition coefficient (Wildman–Crippen LogP) is 3.65. The van der Waals surface area contributed by atoms with Crippen LogP contribution in [0.3, 0.4) is 0 Å². The Kier molecular flexibility index (Phi) is 4.15. The van der Waals surface area contributed by atoms with E-state index in [1.54, 1.807) is 13.0 Å². The Bertz CT molecular complexity index is 742. The molecule has 0 saturated carbocycles. The van der Waals surface area contributed by atoms with Crippen LogP contribution in [0, 0.1) is 17.0 Å². The van der Waals surface area contributed by atoms with E-state index in [-0.39, 0.29) is 26.8 Å². The van der Waals surface area contributed by atoms with Gasteiger partial charge in [-0.25, -0.2) is 4.79 Å². The summed E-state index contributed by atoms with van der Waals surface area (Å²) in [4.78, 5) is 23.0. The van der Waals surface area contributed by atoms with E-state index >= 15 is 0 Å². The Balaban J connectivity index is 2.74. The number of nitro groups is 1. The van der Waals surface area contributed by atoms with Crippen molar-refractivity contribution in [2.45, 2.75) is 6.92 Å². The smallest absolute Gasteiger partial charge is 0.350 e. The molecule has 2 N–H and O–H groups in total. The predicted molar refractivity (Wildman–Crippen MR) is 81.9 cm³/mol. The lowest BCUT2D eigenvalue weighted by Crippen LogP contribution is -2.01.